The summed E-state index contributed by atoms with van der Waals surface area (Å²) in [5.74, 6) is -2.29. The molecule has 0 radical (unpaired) electrons. The third-order valence-electron chi connectivity index (χ3n) is 2.68. The second-order valence-electron chi connectivity index (χ2n) is 4.43. The first-order valence-electron chi connectivity index (χ1n) is 5.87. The maximum atomic E-state index is 13.1. The van der Waals surface area contributed by atoms with Crippen LogP contribution in [-0.2, 0) is 16.4 Å². The van der Waals surface area contributed by atoms with Gasteiger partial charge in [0.05, 0.1) is 17.4 Å². The zero-order chi connectivity index (χ0) is 14.8. The van der Waals surface area contributed by atoms with Crippen molar-refractivity contribution in [2.45, 2.75) is 24.3 Å². The van der Waals surface area contributed by atoms with Crippen LogP contribution in [0.3, 0.4) is 0 Å². The molecule has 1 N–H and O–H groups in total. The van der Waals surface area contributed by atoms with E-state index in [-0.39, 0.29) is 4.90 Å². The predicted octanol–water partition coefficient (Wildman–Crippen LogP) is 2.47. The van der Waals surface area contributed by atoms with Gasteiger partial charge in [0.1, 0.15) is 0 Å². The van der Waals surface area contributed by atoms with Crippen molar-refractivity contribution in [3.63, 3.8) is 0 Å². The third kappa shape index (κ3) is 3.43. The van der Waals surface area contributed by atoms with Gasteiger partial charge in [-0.3, -0.25) is 0 Å². The van der Waals surface area contributed by atoms with Gasteiger partial charge < -0.3 is 4.42 Å². The van der Waals surface area contributed by atoms with Gasteiger partial charge in [0.2, 0.25) is 10.0 Å². The average molecular weight is 301 g/mol. The van der Waals surface area contributed by atoms with Crippen molar-refractivity contribution in [3.05, 3.63) is 54.0 Å². The SMILES string of the molecule is CC(Cc1ccoc1)NS(=O)(=O)c1ccc(F)c(F)c1. The molecule has 1 heterocycles. The Morgan fingerprint density at radius 3 is 2.60 bits per heavy atom. The number of nitrogens with one attached hydrogen (secondary N) is 1. The van der Waals surface area contributed by atoms with Gasteiger partial charge in [0.15, 0.2) is 11.6 Å². The number of hydrogen-bond acceptors (Lipinski definition) is 3. The van der Waals surface area contributed by atoms with Crippen LogP contribution in [0.1, 0.15) is 12.5 Å². The van der Waals surface area contributed by atoms with Crippen LogP contribution < -0.4 is 4.72 Å². The summed E-state index contributed by atoms with van der Waals surface area (Å²) in [6.45, 7) is 1.67. The molecule has 2 rings (SSSR count). The van der Waals surface area contributed by atoms with Crippen LogP contribution >= 0.6 is 0 Å². The molecule has 0 fully saturated rings. The fourth-order valence-corrected chi connectivity index (χ4v) is 3.04. The summed E-state index contributed by atoms with van der Waals surface area (Å²) in [7, 11) is -3.89. The van der Waals surface area contributed by atoms with Gasteiger partial charge in [-0.25, -0.2) is 21.9 Å². The number of halogens is 2. The molecule has 4 nitrogen and oxygen atoms in total. The lowest BCUT2D eigenvalue weighted by molar-refractivity contribution is 0.503. The van der Waals surface area contributed by atoms with Gasteiger partial charge in [0.25, 0.3) is 0 Å². The molecule has 108 valence electrons. The lowest BCUT2D eigenvalue weighted by atomic mass is 10.1. The Bertz CT molecular complexity index is 684. The molecule has 0 saturated heterocycles. The van der Waals surface area contributed by atoms with E-state index in [0.29, 0.717) is 12.5 Å². The molecule has 1 aromatic heterocycles. The fourth-order valence-electron chi connectivity index (χ4n) is 1.78. The number of sulfonamides is 1. The molecule has 1 aromatic carbocycles. The predicted molar refractivity (Wildman–Crippen MR) is 68.6 cm³/mol. The highest BCUT2D eigenvalue weighted by molar-refractivity contribution is 7.89. The quantitative estimate of drug-likeness (QED) is 0.923. The standard InChI is InChI=1S/C13H13F2NO3S/c1-9(6-10-4-5-19-8-10)16-20(17,18)11-2-3-12(14)13(15)7-11/h2-5,7-9,16H,6H2,1H3. The van der Waals surface area contributed by atoms with Crippen LogP contribution in [0.5, 0.6) is 0 Å². The van der Waals surface area contributed by atoms with Crippen molar-refractivity contribution < 1.29 is 21.6 Å². The van der Waals surface area contributed by atoms with Gasteiger partial charge in [-0.2, -0.15) is 0 Å². The lowest BCUT2D eigenvalue weighted by Gasteiger charge is -2.13. The maximum Gasteiger partial charge on any atom is 0.240 e. The number of furan rings is 1. The fraction of sp³-hybridized carbons (Fsp3) is 0.231. The van der Waals surface area contributed by atoms with E-state index in [0.717, 1.165) is 17.7 Å². The first kappa shape index (κ1) is 14.7. The Hall–Kier alpha value is -1.73. The van der Waals surface area contributed by atoms with Crippen molar-refractivity contribution in [1.82, 2.24) is 4.72 Å². The van der Waals surface area contributed by atoms with Crippen molar-refractivity contribution in [3.8, 4) is 0 Å². The van der Waals surface area contributed by atoms with Crippen LogP contribution in [0, 0.1) is 11.6 Å². The van der Waals surface area contributed by atoms with E-state index in [1.807, 2.05) is 0 Å². The Morgan fingerprint density at radius 2 is 2.00 bits per heavy atom. The summed E-state index contributed by atoms with van der Waals surface area (Å²) in [4.78, 5) is -0.310. The van der Waals surface area contributed by atoms with Crippen LogP contribution in [0.25, 0.3) is 0 Å². The van der Waals surface area contributed by atoms with Gasteiger partial charge in [-0.05, 0) is 43.2 Å². The lowest BCUT2D eigenvalue weighted by Crippen LogP contribution is -2.34. The molecule has 1 atom stereocenters. The molecule has 0 aliphatic carbocycles. The molecular formula is C13H13F2NO3S. The highest BCUT2D eigenvalue weighted by Crippen LogP contribution is 2.14. The van der Waals surface area contributed by atoms with Crippen molar-refractivity contribution in [2.75, 3.05) is 0 Å². The van der Waals surface area contributed by atoms with E-state index in [1.165, 1.54) is 12.5 Å². The highest BCUT2D eigenvalue weighted by atomic mass is 32.2. The van der Waals surface area contributed by atoms with Crippen LogP contribution in [0.4, 0.5) is 8.78 Å². The minimum atomic E-state index is -3.89. The molecule has 0 bridgehead atoms. The first-order valence-corrected chi connectivity index (χ1v) is 7.35. The first-order chi connectivity index (χ1) is 9.38. The Labute approximate surface area is 115 Å². The normalized spacial score (nSPS) is 13.3. The van der Waals surface area contributed by atoms with Gasteiger partial charge in [-0.15, -0.1) is 0 Å². The van der Waals surface area contributed by atoms with E-state index < -0.39 is 27.7 Å². The summed E-state index contributed by atoms with van der Waals surface area (Å²) in [6, 6.07) is 3.77. The van der Waals surface area contributed by atoms with E-state index in [9.17, 15) is 17.2 Å². The van der Waals surface area contributed by atoms with Crippen molar-refractivity contribution in [2.24, 2.45) is 0 Å². The molecule has 0 aliphatic heterocycles. The maximum absolute atomic E-state index is 13.1. The van der Waals surface area contributed by atoms with Crippen molar-refractivity contribution >= 4 is 10.0 Å². The zero-order valence-electron chi connectivity index (χ0n) is 10.6. The molecule has 0 spiro atoms. The van der Waals surface area contributed by atoms with Crippen molar-refractivity contribution in [1.29, 1.82) is 0 Å². The Balaban J connectivity index is 2.12. The molecule has 2 aromatic rings. The minimum Gasteiger partial charge on any atom is -0.472 e. The zero-order valence-corrected chi connectivity index (χ0v) is 11.5. The number of rotatable bonds is 5. The summed E-state index contributed by atoms with van der Waals surface area (Å²) in [5.41, 5.74) is 0.838. The van der Waals surface area contributed by atoms with Gasteiger partial charge >= 0.3 is 0 Å². The second kappa shape index (κ2) is 5.72. The minimum absolute atomic E-state index is 0.310. The van der Waals surface area contributed by atoms with Crippen LogP contribution in [0.2, 0.25) is 0 Å². The second-order valence-corrected chi connectivity index (χ2v) is 6.15. The number of benzene rings is 1. The van der Waals surface area contributed by atoms with Gasteiger partial charge in [-0.1, -0.05) is 0 Å². The van der Waals surface area contributed by atoms with E-state index >= 15 is 0 Å². The van der Waals surface area contributed by atoms with E-state index in [2.05, 4.69) is 4.72 Å². The molecule has 0 aliphatic rings. The summed E-state index contributed by atoms with van der Waals surface area (Å²) in [5, 5.41) is 0. The molecule has 0 saturated carbocycles. The monoisotopic (exact) mass is 301 g/mol. The summed E-state index contributed by atoms with van der Waals surface area (Å²) in [6.07, 6.45) is 3.44. The molecular weight excluding hydrogens is 288 g/mol. The molecule has 1 unspecified atom stereocenters. The van der Waals surface area contributed by atoms with E-state index in [4.69, 9.17) is 4.42 Å². The summed E-state index contributed by atoms with van der Waals surface area (Å²) >= 11 is 0. The average Bonchev–Trinajstić information content (AvgIpc) is 2.84. The van der Waals surface area contributed by atoms with Crippen LogP contribution in [-0.4, -0.2) is 14.5 Å². The van der Waals surface area contributed by atoms with Crippen LogP contribution in [0.15, 0.2) is 46.1 Å². The highest BCUT2D eigenvalue weighted by Gasteiger charge is 2.19. The summed E-state index contributed by atoms with van der Waals surface area (Å²) < 4.78 is 57.2. The Kier molecular flexibility index (Phi) is 4.20. The molecule has 20 heavy (non-hydrogen) atoms. The largest absolute Gasteiger partial charge is 0.472 e. The van der Waals surface area contributed by atoms with Gasteiger partial charge in [0, 0.05) is 6.04 Å². The smallest absolute Gasteiger partial charge is 0.240 e. The topological polar surface area (TPSA) is 59.3 Å². The number of hydrogen-bond donors (Lipinski definition) is 1. The molecule has 0 amide bonds. The third-order valence-corrected chi connectivity index (χ3v) is 4.27. The Morgan fingerprint density at radius 1 is 1.25 bits per heavy atom. The van der Waals surface area contributed by atoms with E-state index in [1.54, 1.807) is 13.0 Å². The molecule has 7 heteroatoms.